The number of hydrogen-bond acceptors (Lipinski definition) is 3. The van der Waals surface area contributed by atoms with Gasteiger partial charge in [0.05, 0.1) is 5.54 Å². The quantitative estimate of drug-likeness (QED) is 0.755. The molecule has 5 nitrogen and oxygen atoms in total. The van der Waals surface area contributed by atoms with Gasteiger partial charge in [-0.2, -0.15) is 13.2 Å². The molecule has 102 valence electrons. The van der Waals surface area contributed by atoms with Crippen molar-refractivity contribution in [2.24, 2.45) is 11.1 Å². The smallest absolute Gasteiger partial charge is 0.406 e. The molecule has 0 aromatic carbocycles. The number of likely N-dealkylation sites (tertiary alicyclic amines) is 1. The largest absolute Gasteiger partial charge is 0.481 e. The molecule has 1 heterocycles. The first-order chi connectivity index (χ1) is 8.12. The SMILES string of the molecule is NC1(C(=O)N2CCC(C(=O)O)(C(F)(F)F)C2)CC1. The van der Waals surface area contributed by atoms with Gasteiger partial charge in [-0.05, 0) is 19.3 Å². The van der Waals surface area contributed by atoms with Crippen LogP contribution in [0, 0.1) is 5.41 Å². The summed E-state index contributed by atoms with van der Waals surface area (Å²) in [4.78, 5) is 23.6. The zero-order valence-electron chi connectivity index (χ0n) is 9.46. The van der Waals surface area contributed by atoms with E-state index in [2.05, 4.69) is 0 Å². The number of halogens is 3. The first-order valence-corrected chi connectivity index (χ1v) is 5.51. The second-order valence-corrected chi connectivity index (χ2v) is 5.02. The van der Waals surface area contributed by atoms with Crippen molar-refractivity contribution in [3.8, 4) is 0 Å². The van der Waals surface area contributed by atoms with Crippen LogP contribution in [0.3, 0.4) is 0 Å². The third kappa shape index (κ3) is 1.75. The Labute approximate surface area is 101 Å². The number of carbonyl (C=O) groups excluding carboxylic acids is 1. The predicted molar refractivity (Wildman–Crippen MR) is 53.5 cm³/mol. The maximum Gasteiger partial charge on any atom is 0.406 e. The third-order valence-electron chi connectivity index (χ3n) is 3.72. The van der Waals surface area contributed by atoms with Crippen molar-refractivity contribution in [1.29, 1.82) is 0 Å². The molecule has 0 aromatic heterocycles. The molecule has 0 spiro atoms. The van der Waals surface area contributed by atoms with Crippen molar-refractivity contribution in [2.75, 3.05) is 13.1 Å². The van der Waals surface area contributed by atoms with Crippen LogP contribution >= 0.6 is 0 Å². The van der Waals surface area contributed by atoms with Gasteiger partial charge in [-0.1, -0.05) is 0 Å². The van der Waals surface area contributed by atoms with Crippen molar-refractivity contribution < 1.29 is 27.9 Å². The van der Waals surface area contributed by atoms with E-state index in [0.29, 0.717) is 12.8 Å². The van der Waals surface area contributed by atoms with Crippen LogP contribution in [0.15, 0.2) is 0 Å². The van der Waals surface area contributed by atoms with Crippen molar-refractivity contribution >= 4 is 11.9 Å². The lowest BCUT2D eigenvalue weighted by Gasteiger charge is -2.28. The summed E-state index contributed by atoms with van der Waals surface area (Å²) in [6.45, 7) is -1.06. The Balaban J connectivity index is 2.19. The van der Waals surface area contributed by atoms with Crippen molar-refractivity contribution in [1.82, 2.24) is 4.90 Å². The van der Waals surface area contributed by atoms with Crippen LogP contribution in [0.4, 0.5) is 13.2 Å². The standard InChI is InChI=1S/C10H13F3N2O3/c11-10(12,13)8(7(17)18)3-4-15(5-8)6(16)9(14)1-2-9/h1-5,14H2,(H,17,18). The second-order valence-electron chi connectivity index (χ2n) is 5.02. The summed E-state index contributed by atoms with van der Waals surface area (Å²) in [7, 11) is 0. The maximum absolute atomic E-state index is 12.9. The molecule has 1 amide bonds. The number of nitrogens with zero attached hydrogens (tertiary/aromatic N) is 1. The van der Waals surface area contributed by atoms with Crippen LogP contribution in [0.2, 0.25) is 0 Å². The first-order valence-electron chi connectivity index (χ1n) is 5.51. The molecule has 2 aliphatic rings. The summed E-state index contributed by atoms with van der Waals surface area (Å²) in [6, 6.07) is 0. The number of aliphatic carboxylic acids is 1. The number of alkyl halides is 3. The van der Waals surface area contributed by atoms with Gasteiger partial charge in [0.15, 0.2) is 5.41 Å². The highest BCUT2D eigenvalue weighted by Crippen LogP contribution is 2.47. The average Bonchev–Trinajstić information content (AvgIpc) is 2.81. The lowest BCUT2D eigenvalue weighted by atomic mass is 9.86. The van der Waals surface area contributed by atoms with E-state index >= 15 is 0 Å². The normalized spacial score (nSPS) is 30.3. The fourth-order valence-corrected chi connectivity index (χ4v) is 2.17. The highest BCUT2D eigenvalue weighted by molar-refractivity contribution is 5.90. The Morgan fingerprint density at radius 3 is 2.11 bits per heavy atom. The Bertz CT molecular complexity index is 406. The number of nitrogens with two attached hydrogens (primary N) is 1. The van der Waals surface area contributed by atoms with Gasteiger partial charge < -0.3 is 15.7 Å². The Hall–Kier alpha value is -1.31. The molecule has 1 atom stereocenters. The summed E-state index contributed by atoms with van der Waals surface area (Å²) in [5.74, 6) is -2.51. The molecule has 2 fully saturated rings. The van der Waals surface area contributed by atoms with E-state index in [4.69, 9.17) is 10.8 Å². The number of carboxylic acid groups (broad SMARTS) is 1. The first kappa shape index (κ1) is 13.1. The summed E-state index contributed by atoms with van der Waals surface area (Å²) in [6.07, 6.45) is -4.62. The van der Waals surface area contributed by atoms with Crippen LogP contribution in [0.1, 0.15) is 19.3 Å². The molecule has 1 aliphatic heterocycles. The number of rotatable bonds is 2. The zero-order valence-corrected chi connectivity index (χ0v) is 9.46. The van der Waals surface area contributed by atoms with Gasteiger partial charge in [0, 0.05) is 13.1 Å². The lowest BCUT2D eigenvalue weighted by Crippen LogP contribution is -2.50. The summed E-state index contributed by atoms with van der Waals surface area (Å²) < 4.78 is 38.6. The fourth-order valence-electron chi connectivity index (χ4n) is 2.17. The van der Waals surface area contributed by atoms with E-state index in [1.54, 1.807) is 0 Å². The number of amides is 1. The lowest BCUT2D eigenvalue weighted by molar-refractivity contribution is -0.227. The molecule has 8 heteroatoms. The topological polar surface area (TPSA) is 83.6 Å². The minimum atomic E-state index is -4.88. The maximum atomic E-state index is 12.9. The van der Waals surface area contributed by atoms with Gasteiger partial charge in [0.25, 0.3) is 0 Å². The van der Waals surface area contributed by atoms with Crippen molar-refractivity contribution in [2.45, 2.75) is 31.0 Å². The minimum Gasteiger partial charge on any atom is -0.481 e. The van der Waals surface area contributed by atoms with Crippen LogP contribution in [0.25, 0.3) is 0 Å². The molecule has 2 rings (SSSR count). The number of carboxylic acids is 1. The summed E-state index contributed by atoms with van der Waals surface area (Å²) >= 11 is 0. The Morgan fingerprint density at radius 1 is 1.22 bits per heavy atom. The zero-order chi connectivity index (χ0) is 13.8. The number of carbonyl (C=O) groups is 2. The molecule has 0 bridgehead atoms. The van der Waals surface area contributed by atoms with Gasteiger partial charge in [0.2, 0.25) is 5.91 Å². The predicted octanol–water partition coefficient (Wildman–Crippen LogP) is 0.343. The van der Waals surface area contributed by atoms with Gasteiger partial charge >= 0.3 is 12.1 Å². The minimum absolute atomic E-state index is 0.219. The molecule has 1 aliphatic carbocycles. The van der Waals surface area contributed by atoms with Crippen LogP contribution < -0.4 is 5.73 Å². The van der Waals surface area contributed by atoms with Gasteiger partial charge in [-0.25, -0.2) is 0 Å². The monoisotopic (exact) mass is 266 g/mol. The molecular weight excluding hydrogens is 253 g/mol. The van der Waals surface area contributed by atoms with E-state index < -0.39 is 42.0 Å². The van der Waals surface area contributed by atoms with Gasteiger partial charge in [-0.15, -0.1) is 0 Å². The van der Waals surface area contributed by atoms with Crippen molar-refractivity contribution in [3.63, 3.8) is 0 Å². The molecule has 1 saturated heterocycles. The average molecular weight is 266 g/mol. The van der Waals surface area contributed by atoms with Gasteiger partial charge in [-0.3, -0.25) is 9.59 Å². The van der Waals surface area contributed by atoms with E-state index in [-0.39, 0.29) is 6.54 Å². The van der Waals surface area contributed by atoms with E-state index in [1.807, 2.05) is 0 Å². The van der Waals surface area contributed by atoms with E-state index in [9.17, 15) is 22.8 Å². The summed E-state index contributed by atoms with van der Waals surface area (Å²) in [5.41, 5.74) is 1.70. The molecule has 0 radical (unpaired) electrons. The molecular formula is C10H13F3N2O3. The molecule has 18 heavy (non-hydrogen) atoms. The number of hydrogen-bond donors (Lipinski definition) is 2. The van der Waals surface area contributed by atoms with Crippen LogP contribution in [-0.2, 0) is 9.59 Å². The fraction of sp³-hybridized carbons (Fsp3) is 0.800. The van der Waals surface area contributed by atoms with Crippen molar-refractivity contribution in [3.05, 3.63) is 0 Å². The highest BCUT2D eigenvalue weighted by Gasteiger charge is 2.65. The van der Waals surface area contributed by atoms with E-state index in [0.717, 1.165) is 4.90 Å². The molecule has 3 N–H and O–H groups in total. The molecule has 1 unspecified atom stereocenters. The van der Waals surface area contributed by atoms with Crippen LogP contribution in [-0.4, -0.2) is 46.7 Å². The van der Waals surface area contributed by atoms with Crippen LogP contribution in [0.5, 0.6) is 0 Å². The third-order valence-corrected chi connectivity index (χ3v) is 3.72. The highest BCUT2D eigenvalue weighted by atomic mass is 19.4. The molecule has 0 aromatic rings. The second kappa shape index (κ2) is 3.59. The summed E-state index contributed by atoms with van der Waals surface area (Å²) in [5, 5.41) is 8.83. The van der Waals surface area contributed by atoms with E-state index in [1.165, 1.54) is 0 Å². The Morgan fingerprint density at radius 2 is 1.78 bits per heavy atom. The molecule has 1 saturated carbocycles. The van der Waals surface area contributed by atoms with Gasteiger partial charge in [0.1, 0.15) is 0 Å². The Kier molecular flexibility index (Phi) is 2.62.